The van der Waals surface area contributed by atoms with Crippen LogP contribution in [0.1, 0.15) is 219 Å². The Balaban J connectivity index is 4.16. The molecule has 0 amide bonds. The van der Waals surface area contributed by atoms with Crippen molar-refractivity contribution in [1.82, 2.24) is 5.32 Å². The molecule has 340 valence electrons. The summed E-state index contributed by atoms with van der Waals surface area (Å²) in [5.74, 6) is -0.812. The average Bonchev–Trinajstić information content (AvgIpc) is 3.21. The number of carbonyl (C=O) groups excluding carboxylic acids is 2. The second kappa shape index (κ2) is 44.8. The van der Waals surface area contributed by atoms with Crippen LogP contribution in [-0.4, -0.2) is 56.3 Å². The molecule has 0 aromatic carbocycles. The molecule has 0 saturated carbocycles. The lowest BCUT2D eigenvalue weighted by molar-refractivity contribution is -0.161. The van der Waals surface area contributed by atoms with E-state index < -0.39 is 26.5 Å². The van der Waals surface area contributed by atoms with Gasteiger partial charge in [-0.3, -0.25) is 18.6 Å². The summed E-state index contributed by atoms with van der Waals surface area (Å²) in [6.07, 6.45) is 49.0. The Morgan fingerprint density at radius 1 is 0.534 bits per heavy atom. The second-order valence-corrected chi connectivity index (χ2v) is 17.4. The molecular formula is C48H90NO8P. The van der Waals surface area contributed by atoms with Crippen molar-refractivity contribution in [2.45, 2.75) is 225 Å². The van der Waals surface area contributed by atoms with Crippen LogP contribution in [0, 0.1) is 0 Å². The van der Waals surface area contributed by atoms with Gasteiger partial charge in [0.1, 0.15) is 6.61 Å². The molecule has 2 atom stereocenters. The summed E-state index contributed by atoms with van der Waals surface area (Å²) in [7, 11) is -2.65. The van der Waals surface area contributed by atoms with E-state index in [0.29, 0.717) is 13.0 Å². The smallest absolute Gasteiger partial charge is 0.462 e. The van der Waals surface area contributed by atoms with E-state index in [4.69, 9.17) is 18.5 Å². The Labute approximate surface area is 356 Å². The molecule has 0 bridgehead atoms. The van der Waals surface area contributed by atoms with Gasteiger partial charge in [-0.2, -0.15) is 0 Å². The Morgan fingerprint density at radius 3 is 1.41 bits per heavy atom. The van der Waals surface area contributed by atoms with E-state index in [-0.39, 0.29) is 32.0 Å². The van der Waals surface area contributed by atoms with E-state index >= 15 is 0 Å². The topological polar surface area (TPSA) is 120 Å². The van der Waals surface area contributed by atoms with Gasteiger partial charge < -0.3 is 19.7 Å². The molecule has 0 aromatic rings. The molecule has 0 fully saturated rings. The summed E-state index contributed by atoms with van der Waals surface area (Å²) in [4.78, 5) is 35.2. The molecule has 2 N–H and O–H groups in total. The number of esters is 2. The van der Waals surface area contributed by atoms with Crippen LogP contribution in [0.4, 0.5) is 0 Å². The summed E-state index contributed by atoms with van der Waals surface area (Å²) in [5.41, 5.74) is 0. The Morgan fingerprint density at radius 2 is 0.931 bits per heavy atom. The predicted octanol–water partition coefficient (Wildman–Crippen LogP) is 14.0. The van der Waals surface area contributed by atoms with Crippen molar-refractivity contribution in [3.05, 3.63) is 36.5 Å². The van der Waals surface area contributed by atoms with E-state index in [1.807, 2.05) is 0 Å². The van der Waals surface area contributed by atoms with Gasteiger partial charge in [0.25, 0.3) is 0 Å². The van der Waals surface area contributed by atoms with E-state index in [0.717, 1.165) is 51.4 Å². The van der Waals surface area contributed by atoms with E-state index in [1.54, 1.807) is 7.05 Å². The summed E-state index contributed by atoms with van der Waals surface area (Å²) in [5, 5.41) is 2.83. The lowest BCUT2D eigenvalue weighted by Crippen LogP contribution is -2.29. The van der Waals surface area contributed by atoms with Gasteiger partial charge in [0.2, 0.25) is 0 Å². The number of hydrogen-bond acceptors (Lipinski definition) is 8. The number of carbonyl (C=O) groups is 2. The van der Waals surface area contributed by atoms with E-state index in [2.05, 4.69) is 55.6 Å². The Bertz CT molecular complexity index is 1050. The molecule has 2 unspecified atom stereocenters. The summed E-state index contributed by atoms with van der Waals surface area (Å²) < 4.78 is 33.3. The third kappa shape index (κ3) is 43.8. The first-order valence-electron chi connectivity index (χ1n) is 23.9. The van der Waals surface area contributed by atoms with Crippen molar-refractivity contribution < 1.29 is 37.6 Å². The van der Waals surface area contributed by atoms with Crippen LogP contribution >= 0.6 is 7.82 Å². The minimum Gasteiger partial charge on any atom is -0.462 e. The van der Waals surface area contributed by atoms with Crippen LogP contribution in [-0.2, 0) is 32.7 Å². The number of likely N-dealkylation sites (N-methyl/N-ethyl adjacent to an activating group) is 1. The van der Waals surface area contributed by atoms with Gasteiger partial charge in [0.05, 0.1) is 13.2 Å². The monoisotopic (exact) mass is 840 g/mol. The number of phosphoric acid groups is 1. The summed E-state index contributed by atoms with van der Waals surface area (Å²) in [6.45, 7) is 4.21. The van der Waals surface area contributed by atoms with Crippen LogP contribution < -0.4 is 5.32 Å². The minimum atomic E-state index is -4.35. The molecule has 0 aromatic heterocycles. The zero-order valence-electron chi connectivity index (χ0n) is 37.7. The molecule has 0 saturated heterocycles. The van der Waals surface area contributed by atoms with Crippen molar-refractivity contribution in [3.63, 3.8) is 0 Å². The van der Waals surface area contributed by atoms with Crippen LogP contribution in [0.15, 0.2) is 36.5 Å². The zero-order chi connectivity index (χ0) is 42.5. The van der Waals surface area contributed by atoms with Crippen molar-refractivity contribution in [2.75, 3.05) is 33.4 Å². The third-order valence-electron chi connectivity index (χ3n) is 10.2. The van der Waals surface area contributed by atoms with E-state index in [1.165, 1.54) is 135 Å². The molecular weight excluding hydrogens is 750 g/mol. The van der Waals surface area contributed by atoms with Crippen LogP contribution in [0.2, 0.25) is 0 Å². The molecule has 0 spiro atoms. The lowest BCUT2D eigenvalue weighted by Gasteiger charge is -2.20. The lowest BCUT2D eigenvalue weighted by atomic mass is 10.1. The molecule has 0 aliphatic rings. The standard InChI is InChI=1S/C48H90NO8P/c1-4-6-8-10-12-14-16-18-20-22-23-25-26-28-30-32-34-36-38-40-47(50)54-44-46(45-56-58(52,53)55-43-42-49-3)57-48(51)41-39-37-35-33-31-29-27-24-21-19-17-15-13-11-9-7-5-2/h13,15,18-21,46,49H,4-12,14,16-17,22-45H2,1-3H3,(H,52,53)/b15-13-,20-18-,21-19-. The molecule has 0 aliphatic carbocycles. The summed E-state index contributed by atoms with van der Waals surface area (Å²) >= 11 is 0. The number of allylic oxidation sites excluding steroid dienone is 6. The summed E-state index contributed by atoms with van der Waals surface area (Å²) in [6, 6.07) is 0. The Hall–Kier alpha value is -1.77. The highest BCUT2D eigenvalue weighted by Crippen LogP contribution is 2.43. The van der Waals surface area contributed by atoms with Crippen molar-refractivity contribution in [2.24, 2.45) is 0 Å². The molecule has 10 heteroatoms. The van der Waals surface area contributed by atoms with Crippen molar-refractivity contribution in [3.8, 4) is 0 Å². The van der Waals surface area contributed by atoms with Crippen LogP contribution in [0.5, 0.6) is 0 Å². The quantitative estimate of drug-likeness (QED) is 0.0267. The average molecular weight is 840 g/mol. The Kier molecular flexibility index (Phi) is 43.4. The maximum Gasteiger partial charge on any atom is 0.472 e. The molecule has 0 heterocycles. The molecule has 0 aliphatic heterocycles. The van der Waals surface area contributed by atoms with Gasteiger partial charge in [-0.25, -0.2) is 4.57 Å². The number of nitrogens with one attached hydrogen (secondary N) is 1. The molecule has 58 heavy (non-hydrogen) atoms. The highest BCUT2D eigenvalue weighted by Gasteiger charge is 2.26. The fourth-order valence-electron chi connectivity index (χ4n) is 6.58. The second-order valence-electron chi connectivity index (χ2n) is 15.9. The van der Waals surface area contributed by atoms with Crippen molar-refractivity contribution in [1.29, 1.82) is 0 Å². The van der Waals surface area contributed by atoms with Gasteiger partial charge in [0.15, 0.2) is 6.10 Å². The fourth-order valence-corrected chi connectivity index (χ4v) is 7.33. The van der Waals surface area contributed by atoms with Crippen LogP contribution in [0.3, 0.4) is 0 Å². The fraction of sp³-hybridized carbons (Fsp3) is 0.833. The largest absolute Gasteiger partial charge is 0.472 e. The third-order valence-corrected chi connectivity index (χ3v) is 11.2. The normalized spacial score (nSPS) is 13.5. The first-order chi connectivity index (χ1) is 28.3. The van der Waals surface area contributed by atoms with Gasteiger partial charge in [-0.05, 0) is 77.7 Å². The number of unbranched alkanes of at least 4 members (excludes halogenated alkanes) is 25. The van der Waals surface area contributed by atoms with Gasteiger partial charge in [-0.1, -0.05) is 172 Å². The molecule has 9 nitrogen and oxygen atoms in total. The van der Waals surface area contributed by atoms with Crippen molar-refractivity contribution >= 4 is 19.8 Å². The van der Waals surface area contributed by atoms with Gasteiger partial charge in [-0.15, -0.1) is 0 Å². The SMILES string of the molecule is CCCCC/C=C\C/C=C\CCCCCCCCCC(=O)OC(COC(=O)CCCCCCCCCCC/C=C\CCCCCCCC)COP(=O)(O)OCCNC. The maximum absolute atomic E-state index is 12.7. The number of phosphoric ester groups is 1. The predicted molar refractivity (Wildman–Crippen MR) is 243 cm³/mol. The minimum absolute atomic E-state index is 0.0187. The number of ether oxygens (including phenoxy) is 2. The van der Waals surface area contributed by atoms with Gasteiger partial charge >= 0.3 is 19.8 Å². The van der Waals surface area contributed by atoms with Gasteiger partial charge in [0, 0.05) is 19.4 Å². The first-order valence-corrected chi connectivity index (χ1v) is 25.4. The molecule has 0 radical (unpaired) electrons. The zero-order valence-corrected chi connectivity index (χ0v) is 38.6. The maximum atomic E-state index is 12.7. The highest BCUT2D eigenvalue weighted by atomic mass is 31.2. The van der Waals surface area contributed by atoms with Crippen LogP contribution in [0.25, 0.3) is 0 Å². The first kappa shape index (κ1) is 56.2. The van der Waals surface area contributed by atoms with E-state index in [9.17, 15) is 19.0 Å². The highest BCUT2D eigenvalue weighted by molar-refractivity contribution is 7.47. The number of hydrogen-bond donors (Lipinski definition) is 2. The molecule has 0 rings (SSSR count). The number of rotatable bonds is 45.